The molecule has 3 rings (SSSR count). The maximum atomic E-state index is 12.5. The fraction of sp³-hybridized carbons (Fsp3) is 0.421. The topological polar surface area (TPSA) is 64.0 Å². The number of nitrogens with zero attached hydrogens (tertiary/aromatic N) is 2. The van der Waals surface area contributed by atoms with Crippen LogP contribution in [0.3, 0.4) is 0 Å². The summed E-state index contributed by atoms with van der Waals surface area (Å²) in [5, 5.41) is 7.33. The summed E-state index contributed by atoms with van der Waals surface area (Å²) in [6.45, 7) is 0. The highest BCUT2D eigenvalue weighted by Gasteiger charge is 2.17. The van der Waals surface area contributed by atoms with Gasteiger partial charge in [-0.15, -0.1) is 0 Å². The Labute approximate surface area is 141 Å². The lowest BCUT2D eigenvalue weighted by molar-refractivity contribution is 0.0923. The van der Waals surface area contributed by atoms with E-state index in [-0.39, 0.29) is 23.2 Å². The molecule has 1 aromatic carbocycles. The predicted molar refractivity (Wildman–Crippen MR) is 93.4 cm³/mol. The van der Waals surface area contributed by atoms with Gasteiger partial charge in [-0.05, 0) is 31.0 Å². The lowest BCUT2D eigenvalue weighted by Crippen LogP contribution is -2.37. The molecule has 1 aliphatic carbocycles. The third-order valence-corrected chi connectivity index (χ3v) is 4.47. The van der Waals surface area contributed by atoms with Gasteiger partial charge in [-0.2, -0.15) is 9.78 Å². The maximum Gasteiger partial charge on any atom is 0.271 e. The molecule has 1 saturated carbocycles. The number of nitrogens with one attached hydrogen (secondary N) is 1. The van der Waals surface area contributed by atoms with Crippen molar-refractivity contribution in [1.29, 1.82) is 0 Å². The Kier molecular flexibility index (Phi) is 5.41. The molecule has 0 spiro atoms. The summed E-state index contributed by atoms with van der Waals surface area (Å²) >= 11 is 0. The number of benzene rings is 1. The van der Waals surface area contributed by atoms with Crippen LogP contribution in [0, 0.1) is 0 Å². The Balaban J connectivity index is 1.76. The summed E-state index contributed by atoms with van der Waals surface area (Å²) in [7, 11) is 0. The Morgan fingerprint density at radius 1 is 0.958 bits per heavy atom. The largest absolute Gasteiger partial charge is 0.348 e. The molecule has 0 aliphatic heterocycles. The molecule has 0 saturated heterocycles. The summed E-state index contributed by atoms with van der Waals surface area (Å²) in [5.41, 5.74) is 0.687. The minimum atomic E-state index is -0.247. The van der Waals surface area contributed by atoms with E-state index in [2.05, 4.69) is 10.4 Å². The van der Waals surface area contributed by atoms with Crippen LogP contribution in [0.15, 0.2) is 47.3 Å². The highest BCUT2D eigenvalue weighted by Crippen LogP contribution is 2.17. The highest BCUT2D eigenvalue weighted by molar-refractivity contribution is 5.92. The standard InChI is InChI=1S/C19H23N3O2/c23-18-14-13-17(21-22(18)16-11-7-4-8-12-16)19(24)20-15-9-5-2-1-3-6-10-15/h4,7-8,11-15H,1-3,5-6,9-10H2,(H,20,24). The summed E-state index contributed by atoms with van der Waals surface area (Å²) in [6.07, 6.45) is 8.12. The van der Waals surface area contributed by atoms with Crippen LogP contribution in [0.1, 0.15) is 55.4 Å². The van der Waals surface area contributed by atoms with Gasteiger partial charge in [0.2, 0.25) is 0 Å². The second-order valence-electron chi connectivity index (χ2n) is 6.32. The molecule has 1 aliphatic rings. The van der Waals surface area contributed by atoms with Gasteiger partial charge in [0.1, 0.15) is 5.69 Å². The van der Waals surface area contributed by atoms with Gasteiger partial charge in [-0.1, -0.05) is 50.3 Å². The van der Waals surface area contributed by atoms with Crippen LogP contribution in [0.25, 0.3) is 5.69 Å². The van der Waals surface area contributed by atoms with Gasteiger partial charge >= 0.3 is 0 Å². The van der Waals surface area contributed by atoms with Crippen LogP contribution in [0.2, 0.25) is 0 Å². The molecular formula is C19H23N3O2. The lowest BCUT2D eigenvalue weighted by atomic mass is 9.96. The van der Waals surface area contributed by atoms with E-state index < -0.39 is 0 Å². The molecule has 0 bridgehead atoms. The normalized spacial score (nSPS) is 16.2. The molecule has 5 heteroatoms. The minimum absolute atomic E-state index is 0.203. The third-order valence-electron chi connectivity index (χ3n) is 4.47. The zero-order valence-electron chi connectivity index (χ0n) is 13.8. The first-order valence-corrected chi connectivity index (χ1v) is 8.71. The van der Waals surface area contributed by atoms with Gasteiger partial charge < -0.3 is 5.32 Å². The molecule has 5 nitrogen and oxygen atoms in total. The zero-order valence-corrected chi connectivity index (χ0v) is 13.8. The second-order valence-corrected chi connectivity index (χ2v) is 6.32. The van der Waals surface area contributed by atoms with Crippen molar-refractivity contribution in [2.75, 3.05) is 0 Å². The molecule has 0 radical (unpaired) electrons. The van der Waals surface area contributed by atoms with Crippen LogP contribution >= 0.6 is 0 Å². The molecule has 1 amide bonds. The fourth-order valence-electron chi connectivity index (χ4n) is 3.15. The predicted octanol–water partition coefficient (Wildman–Crippen LogP) is 3.08. The molecule has 1 aromatic heterocycles. The van der Waals surface area contributed by atoms with Crippen LogP contribution in [0.5, 0.6) is 0 Å². The number of para-hydroxylation sites is 1. The highest BCUT2D eigenvalue weighted by atomic mass is 16.2. The molecule has 1 fully saturated rings. The van der Waals surface area contributed by atoms with E-state index in [9.17, 15) is 9.59 Å². The van der Waals surface area contributed by atoms with E-state index in [0.717, 1.165) is 25.7 Å². The maximum absolute atomic E-state index is 12.5. The Morgan fingerprint density at radius 2 is 1.62 bits per heavy atom. The van der Waals surface area contributed by atoms with Gasteiger partial charge in [0.15, 0.2) is 0 Å². The average molecular weight is 325 g/mol. The summed E-state index contributed by atoms with van der Waals surface area (Å²) in [6, 6.07) is 12.2. The SMILES string of the molecule is O=C(NC1CCCCCCC1)c1ccc(=O)n(-c2ccccc2)n1. The van der Waals surface area contributed by atoms with Crippen molar-refractivity contribution in [2.45, 2.75) is 51.0 Å². The Hall–Kier alpha value is -2.43. The Morgan fingerprint density at radius 3 is 2.33 bits per heavy atom. The van der Waals surface area contributed by atoms with E-state index in [1.165, 1.54) is 36.1 Å². The van der Waals surface area contributed by atoms with E-state index in [1.54, 1.807) is 12.1 Å². The Bertz CT molecular complexity index is 732. The van der Waals surface area contributed by atoms with Crippen molar-refractivity contribution in [3.8, 4) is 5.69 Å². The number of hydrogen-bond donors (Lipinski definition) is 1. The fourth-order valence-corrected chi connectivity index (χ4v) is 3.15. The third kappa shape index (κ3) is 4.10. The van der Waals surface area contributed by atoms with Crippen molar-refractivity contribution < 1.29 is 4.79 Å². The smallest absolute Gasteiger partial charge is 0.271 e. The van der Waals surface area contributed by atoms with E-state index in [1.807, 2.05) is 18.2 Å². The second kappa shape index (κ2) is 7.90. The van der Waals surface area contributed by atoms with E-state index in [4.69, 9.17) is 0 Å². The number of carbonyl (C=O) groups excluding carboxylic acids is 1. The molecule has 1 N–H and O–H groups in total. The number of amides is 1. The number of rotatable bonds is 3. The summed E-state index contributed by atoms with van der Waals surface area (Å²) in [4.78, 5) is 24.6. The number of aromatic nitrogens is 2. The van der Waals surface area contributed by atoms with Crippen molar-refractivity contribution in [3.05, 3.63) is 58.5 Å². The molecule has 0 atom stereocenters. The van der Waals surface area contributed by atoms with E-state index >= 15 is 0 Å². The zero-order chi connectivity index (χ0) is 16.8. The van der Waals surface area contributed by atoms with Crippen molar-refractivity contribution >= 4 is 5.91 Å². The average Bonchev–Trinajstić information content (AvgIpc) is 2.58. The van der Waals surface area contributed by atoms with Gasteiger partial charge in [0.05, 0.1) is 5.69 Å². The van der Waals surface area contributed by atoms with Crippen molar-refractivity contribution in [2.24, 2.45) is 0 Å². The summed E-state index contributed by atoms with van der Waals surface area (Å²) < 4.78 is 1.27. The first kappa shape index (κ1) is 16.4. The first-order valence-electron chi connectivity index (χ1n) is 8.71. The molecule has 2 aromatic rings. The molecule has 0 unspecified atom stereocenters. The van der Waals surface area contributed by atoms with Crippen LogP contribution < -0.4 is 10.9 Å². The monoisotopic (exact) mass is 325 g/mol. The molecular weight excluding hydrogens is 302 g/mol. The molecule has 126 valence electrons. The van der Waals surface area contributed by atoms with Crippen LogP contribution in [-0.4, -0.2) is 21.7 Å². The lowest BCUT2D eigenvalue weighted by Gasteiger charge is -2.20. The molecule has 1 heterocycles. The number of carbonyl (C=O) groups is 1. The molecule has 24 heavy (non-hydrogen) atoms. The van der Waals surface area contributed by atoms with Crippen molar-refractivity contribution in [1.82, 2.24) is 15.1 Å². The van der Waals surface area contributed by atoms with Gasteiger partial charge in [-0.3, -0.25) is 9.59 Å². The van der Waals surface area contributed by atoms with Gasteiger partial charge in [0, 0.05) is 12.1 Å². The van der Waals surface area contributed by atoms with Crippen LogP contribution in [-0.2, 0) is 0 Å². The first-order chi connectivity index (χ1) is 11.7. The van der Waals surface area contributed by atoms with Gasteiger partial charge in [0.25, 0.3) is 11.5 Å². The van der Waals surface area contributed by atoms with E-state index in [0.29, 0.717) is 5.69 Å². The van der Waals surface area contributed by atoms with Crippen LogP contribution in [0.4, 0.5) is 0 Å². The van der Waals surface area contributed by atoms with Crippen molar-refractivity contribution in [3.63, 3.8) is 0 Å². The quantitative estimate of drug-likeness (QED) is 0.943. The summed E-state index contributed by atoms with van der Waals surface area (Å²) in [5.74, 6) is -0.203. The van der Waals surface area contributed by atoms with Gasteiger partial charge in [-0.25, -0.2) is 0 Å². The minimum Gasteiger partial charge on any atom is -0.348 e. The number of hydrogen-bond acceptors (Lipinski definition) is 3.